The monoisotopic (exact) mass is 198 g/mol. The van der Waals surface area contributed by atoms with E-state index in [9.17, 15) is 4.79 Å². The Morgan fingerprint density at radius 2 is 1.79 bits per heavy atom. The van der Waals surface area contributed by atoms with Gasteiger partial charge >= 0.3 is 5.97 Å². The molecule has 1 atom stereocenters. The van der Waals surface area contributed by atoms with Gasteiger partial charge in [0, 0.05) is 18.2 Å². The number of hydrogen-bond donors (Lipinski definition) is 3. The Bertz CT molecular complexity index is 325. The van der Waals surface area contributed by atoms with Gasteiger partial charge in [-0.1, -0.05) is 0 Å². The Morgan fingerprint density at radius 1 is 1.29 bits per heavy atom. The topological polar surface area (TPSA) is 87.0 Å². The summed E-state index contributed by atoms with van der Waals surface area (Å²) in [7, 11) is 0. The quantitative estimate of drug-likeness (QED) is 0.472. The number of ether oxygens (including phenoxy) is 1. The van der Waals surface area contributed by atoms with E-state index >= 15 is 0 Å². The Kier molecular flexibility index (Phi) is 2.93. The number of aromatic hydroxyl groups is 2. The first kappa shape index (κ1) is 10.3. The first-order valence-electron chi connectivity index (χ1n) is 3.92. The van der Waals surface area contributed by atoms with Crippen molar-refractivity contribution in [1.82, 2.24) is 0 Å². The number of phenolic OH excluding ortho intramolecular Hbond substituents is 2. The number of benzene rings is 1. The second kappa shape index (κ2) is 3.97. The van der Waals surface area contributed by atoms with Crippen LogP contribution in [-0.2, 0) is 4.79 Å². The average Bonchev–Trinajstić information content (AvgIpc) is 2.01. The summed E-state index contributed by atoms with van der Waals surface area (Å²) in [6, 6.07) is 3.40. The van der Waals surface area contributed by atoms with E-state index in [0.29, 0.717) is 0 Å². The maximum atomic E-state index is 10.9. The van der Waals surface area contributed by atoms with Gasteiger partial charge in [-0.15, -0.1) is 0 Å². The van der Waals surface area contributed by atoms with Crippen molar-refractivity contribution in [3.05, 3.63) is 18.2 Å². The molecule has 0 saturated carbocycles. The van der Waals surface area contributed by atoms with Crippen LogP contribution in [0.15, 0.2) is 18.2 Å². The summed E-state index contributed by atoms with van der Waals surface area (Å²) in [5.41, 5.74) is 0. The third-order valence-corrected chi connectivity index (χ3v) is 1.44. The van der Waals surface area contributed by atoms with Gasteiger partial charge in [-0.2, -0.15) is 0 Å². The van der Waals surface area contributed by atoms with E-state index in [1.165, 1.54) is 6.92 Å². The van der Waals surface area contributed by atoms with Gasteiger partial charge in [-0.25, -0.2) is 4.79 Å². The van der Waals surface area contributed by atoms with E-state index < -0.39 is 12.1 Å². The van der Waals surface area contributed by atoms with Gasteiger partial charge in [0.15, 0.2) is 0 Å². The van der Waals surface area contributed by atoms with Crippen LogP contribution in [0.4, 0.5) is 0 Å². The summed E-state index contributed by atoms with van der Waals surface area (Å²) in [6.45, 7) is 1.25. The predicted octanol–water partition coefficient (Wildman–Crippen LogP) is 0.384. The lowest BCUT2D eigenvalue weighted by Gasteiger charge is -2.06. The van der Waals surface area contributed by atoms with E-state index in [1.807, 2.05) is 0 Å². The van der Waals surface area contributed by atoms with Crippen molar-refractivity contribution in [2.45, 2.75) is 13.0 Å². The molecule has 0 saturated heterocycles. The zero-order valence-electron chi connectivity index (χ0n) is 7.47. The fraction of sp³-hybridized carbons (Fsp3) is 0.222. The molecular weight excluding hydrogens is 188 g/mol. The number of hydrogen-bond acceptors (Lipinski definition) is 5. The van der Waals surface area contributed by atoms with Crippen LogP contribution in [0, 0.1) is 0 Å². The first-order chi connectivity index (χ1) is 6.49. The molecule has 0 aliphatic carbocycles. The van der Waals surface area contributed by atoms with Crippen LogP contribution in [0.1, 0.15) is 6.92 Å². The number of aliphatic hydroxyl groups excluding tert-OH is 1. The highest BCUT2D eigenvalue weighted by Crippen LogP contribution is 2.25. The van der Waals surface area contributed by atoms with E-state index in [0.717, 1.165) is 18.2 Å². The SMILES string of the molecule is CC(O)C(=O)Oc1cc(O)cc(O)c1. The minimum absolute atomic E-state index is 0.0200. The molecule has 0 radical (unpaired) electrons. The molecule has 0 fully saturated rings. The third kappa shape index (κ3) is 2.63. The summed E-state index contributed by atoms with van der Waals surface area (Å²) in [4.78, 5) is 10.9. The summed E-state index contributed by atoms with van der Waals surface area (Å²) < 4.78 is 4.63. The minimum atomic E-state index is -1.25. The molecular formula is C9H10O5. The molecule has 0 aliphatic heterocycles. The van der Waals surface area contributed by atoms with Crippen molar-refractivity contribution in [2.75, 3.05) is 0 Å². The standard InChI is InChI=1S/C9H10O5/c1-5(10)9(13)14-8-3-6(11)2-7(12)4-8/h2-5,10-12H,1H3. The Hall–Kier alpha value is -1.75. The highest BCUT2D eigenvalue weighted by Gasteiger charge is 2.12. The number of carbonyl (C=O) groups excluding carboxylic acids is 1. The van der Waals surface area contributed by atoms with E-state index in [4.69, 9.17) is 15.3 Å². The normalized spacial score (nSPS) is 12.1. The lowest BCUT2D eigenvalue weighted by Crippen LogP contribution is -2.21. The van der Waals surface area contributed by atoms with Crippen LogP contribution in [0.3, 0.4) is 0 Å². The fourth-order valence-corrected chi connectivity index (χ4v) is 0.828. The van der Waals surface area contributed by atoms with Crippen LogP contribution < -0.4 is 4.74 Å². The minimum Gasteiger partial charge on any atom is -0.508 e. The number of phenols is 2. The Morgan fingerprint density at radius 3 is 2.21 bits per heavy atom. The molecule has 3 N–H and O–H groups in total. The Labute approximate surface area is 80.2 Å². The maximum Gasteiger partial charge on any atom is 0.340 e. The van der Waals surface area contributed by atoms with E-state index in [-0.39, 0.29) is 17.2 Å². The average molecular weight is 198 g/mol. The smallest absolute Gasteiger partial charge is 0.340 e. The summed E-state index contributed by atoms with van der Waals surface area (Å²) >= 11 is 0. The molecule has 0 bridgehead atoms. The van der Waals surface area contributed by atoms with Crippen LogP contribution in [0.2, 0.25) is 0 Å². The molecule has 1 rings (SSSR count). The molecule has 1 aromatic carbocycles. The molecule has 14 heavy (non-hydrogen) atoms. The lowest BCUT2D eigenvalue weighted by atomic mass is 10.3. The highest BCUT2D eigenvalue weighted by molar-refractivity contribution is 5.76. The van der Waals surface area contributed by atoms with Gasteiger partial charge in [-0.05, 0) is 6.92 Å². The molecule has 0 aromatic heterocycles. The molecule has 5 heteroatoms. The van der Waals surface area contributed by atoms with Crippen molar-refractivity contribution in [2.24, 2.45) is 0 Å². The van der Waals surface area contributed by atoms with Gasteiger partial charge in [0.2, 0.25) is 0 Å². The van der Waals surface area contributed by atoms with Crippen molar-refractivity contribution in [3.8, 4) is 17.2 Å². The molecule has 0 aliphatic rings. The van der Waals surface area contributed by atoms with Gasteiger partial charge in [0.1, 0.15) is 23.4 Å². The number of aliphatic hydroxyl groups is 1. The van der Waals surface area contributed by atoms with Gasteiger partial charge in [-0.3, -0.25) is 0 Å². The van der Waals surface area contributed by atoms with Gasteiger partial charge in [0.05, 0.1) is 0 Å². The molecule has 0 spiro atoms. The first-order valence-corrected chi connectivity index (χ1v) is 3.92. The number of esters is 1. The Balaban J connectivity index is 2.82. The van der Waals surface area contributed by atoms with Crippen molar-refractivity contribution >= 4 is 5.97 Å². The third-order valence-electron chi connectivity index (χ3n) is 1.44. The van der Waals surface area contributed by atoms with Gasteiger partial charge < -0.3 is 20.1 Å². The second-order valence-corrected chi connectivity index (χ2v) is 2.78. The molecule has 0 amide bonds. The van der Waals surface area contributed by atoms with Crippen molar-refractivity contribution < 1.29 is 24.9 Å². The van der Waals surface area contributed by atoms with Crippen LogP contribution >= 0.6 is 0 Å². The second-order valence-electron chi connectivity index (χ2n) is 2.78. The van der Waals surface area contributed by atoms with Gasteiger partial charge in [0.25, 0.3) is 0 Å². The fourth-order valence-electron chi connectivity index (χ4n) is 0.828. The molecule has 1 unspecified atom stereocenters. The van der Waals surface area contributed by atoms with Crippen LogP contribution in [0.5, 0.6) is 17.2 Å². The largest absolute Gasteiger partial charge is 0.508 e. The molecule has 5 nitrogen and oxygen atoms in total. The number of carbonyl (C=O) groups is 1. The summed E-state index contributed by atoms with van der Waals surface area (Å²) in [5.74, 6) is -1.32. The maximum absolute atomic E-state index is 10.9. The zero-order chi connectivity index (χ0) is 10.7. The molecule has 76 valence electrons. The zero-order valence-corrected chi connectivity index (χ0v) is 7.47. The van der Waals surface area contributed by atoms with Crippen molar-refractivity contribution in [3.63, 3.8) is 0 Å². The van der Waals surface area contributed by atoms with Crippen LogP contribution in [-0.4, -0.2) is 27.4 Å². The predicted molar refractivity (Wildman–Crippen MR) is 47.1 cm³/mol. The molecule has 1 aromatic rings. The lowest BCUT2D eigenvalue weighted by molar-refractivity contribution is -0.142. The summed E-state index contributed by atoms with van der Waals surface area (Å²) in [5, 5.41) is 26.9. The molecule has 0 heterocycles. The number of rotatable bonds is 2. The van der Waals surface area contributed by atoms with E-state index in [2.05, 4.69) is 4.74 Å². The van der Waals surface area contributed by atoms with E-state index in [1.54, 1.807) is 0 Å². The van der Waals surface area contributed by atoms with Crippen molar-refractivity contribution in [1.29, 1.82) is 0 Å². The van der Waals surface area contributed by atoms with Crippen LogP contribution in [0.25, 0.3) is 0 Å². The highest BCUT2D eigenvalue weighted by atomic mass is 16.5. The summed E-state index contributed by atoms with van der Waals surface area (Å²) in [6.07, 6.45) is -1.25.